The van der Waals surface area contributed by atoms with Gasteiger partial charge < -0.3 is 14.2 Å². The van der Waals surface area contributed by atoms with Gasteiger partial charge in [0, 0.05) is 13.2 Å². The quantitative estimate of drug-likeness (QED) is 0.494. The first-order valence-corrected chi connectivity index (χ1v) is 7.01. The Balaban J connectivity index is 3.25. The highest BCUT2D eigenvalue weighted by molar-refractivity contribution is 4.52. The zero-order valence-electron chi connectivity index (χ0n) is 12.0. The van der Waals surface area contributed by atoms with Gasteiger partial charge in [-0.3, -0.25) is 0 Å². The lowest BCUT2D eigenvalue weighted by atomic mass is 10.2. The maximum atomic E-state index is 5.63. The second-order valence-corrected chi connectivity index (χ2v) is 4.55. The molecule has 0 aliphatic heterocycles. The lowest BCUT2D eigenvalue weighted by molar-refractivity contribution is -0.0550. The molecule has 2 atom stereocenters. The molecule has 0 aromatic carbocycles. The van der Waals surface area contributed by atoms with E-state index < -0.39 is 0 Å². The molecule has 0 aliphatic rings. The van der Waals surface area contributed by atoms with Gasteiger partial charge in [0.15, 0.2) is 0 Å². The Morgan fingerprint density at radius 1 is 0.824 bits per heavy atom. The first kappa shape index (κ1) is 16.9. The van der Waals surface area contributed by atoms with E-state index in [1.807, 2.05) is 20.8 Å². The molecule has 3 nitrogen and oxygen atoms in total. The molecule has 0 saturated heterocycles. The monoisotopic (exact) mass is 246 g/mol. The Bertz CT molecular complexity index is 150. The van der Waals surface area contributed by atoms with Gasteiger partial charge in [-0.05, 0) is 27.2 Å². The minimum Gasteiger partial charge on any atom is -0.379 e. The van der Waals surface area contributed by atoms with Crippen molar-refractivity contribution in [2.45, 2.75) is 65.6 Å². The average molecular weight is 246 g/mol. The zero-order valence-corrected chi connectivity index (χ0v) is 12.0. The van der Waals surface area contributed by atoms with Crippen LogP contribution in [0.4, 0.5) is 0 Å². The summed E-state index contributed by atoms with van der Waals surface area (Å²) in [5, 5.41) is 0. The van der Waals surface area contributed by atoms with Gasteiger partial charge >= 0.3 is 0 Å². The topological polar surface area (TPSA) is 27.7 Å². The minimum absolute atomic E-state index is 0.157. The van der Waals surface area contributed by atoms with E-state index in [2.05, 4.69) is 6.92 Å². The van der Waals surface area contributed by atoms with Gasteiger partial charge in [0.25, 0.3) is 0 Å². The Morgan fingerprint density at radius 3 is 2.18 bits per heavy atom. The fourth-order valence-corrected chi connectivity index (χ4v) is 1.56. The third-order valence-corrected chi connectivity index (χ3v) is 2.56. The highest BCUT2D eigenvalue weighted by Gasteiger charge is 2.06. The maximum Gasteiger partial charge on any atom is 0.0781 e. The van der Waals surface area contributed by atoms with Crippen LogP contribution < -0.4 is 0 Å². The van der Waals surface area contributed by atoms with Gasteiger partial charge in [-0.25, -0.2) is 0 Å². The van der Waals surface area contributed by atoms with Crippen LogP contribution in [-0.4, -0.2) is 38.6 Å². The van der Waals surface area contributed by atoms with Crippen molar-refractivity contribution in [1.82, 2.24) is 0 Å². The first-order valence-electron chi connectivity index (χ1n) is 7.01. The molecule has 0 bridgehead atoms. The molecule has 0 spiro atoms. The molecule has 104 valence electrons. The SMILES string of the molecule is CCCCCCOCC(C)OCC(C)OCC. The smallest absolute Gasteiger partial charge is 0.0781 e. The van der Waals surface area contributed by atoms with Crippen molar-refractivity contribution < 1.29 is 14.2 Å². The van der Waals surface area contributed by atoms with Crippen molar-refractivity contribution in [3.8, 4) is 0 Å². The number of unbranched alkanes of at least 4 members (excludes halogenated alkanes) is 3. The summed E-state index contributed by atoms with van der Waals surface area (Å²) in [6.07, 6.45) is 5.34. The van der Waals surface area contributed by atoms with E-state index in [-0.39, 0.29) is 12.2 Å². The molecule has 0 aromatic rings. The van der Waals surface area contributed by atoms with E-state index in [1.165, 1.54) is 19.3 Å². The second kappa shape index (κ2) is 12.3. The normalized spacial score (nSPS) is 14.8. The third kappa shape index (κ3) is 12.1. The Hall–Kier alpha value is -0.120. The van der Waals surface area contributed by atoms with E-state index in [9.17, 15) is 0 Å². The summed E-state index contributed by atoms with van der Waals surface area (Å²) in [6.45, 7) is 11.2. The van der Waals surface area contributed by atoms with Gasteiger partial charge in [0.1, 0.15) is 0 Å². The molecule has 0 heterocycles. The van der Waals surface area contributed by atoms with Crippen LogP contribution in [0.1, 0.15) is 53.4 Å². The van der Waals surface area contributed by atoms with Crippen LogP contribution in [0.15, 0.2) is 0 Å². The van der Waals surface area contributed by atoms with Crippen molar-refractivity contribution in [2.24, 2.45) is 0 Å². The van der Waals surface area contributed by atoms with Gasteiger partial charge in [-0.2, -0.15) is 0 Å². The van der Waals surface area contributed by atoms with Crippen molar-refractivity contribution in [3.63, 3.8) is 0 Å². The fraction of sp³-hybridized carbons (Fsp3) is 1.00. The minimum atomic E-state index is 0.157. The molecular weight excluding hydrogens is 216 g/mol. The zero-order chi connectivity index (χ0) is 12.9. The van der Waals surface area contributed by atoms with Crippen LogP contribution in [-0.2, 0) is 14.2 Å². The van der Waals surface area contributed by atoms with Crippen molar-refractivity contribution >= 4 is 0 Å². The van der Waals surface area contributed by atoms with Crippen molar-refractivity contribution in [1.29, 1.82) is 0 Å². The Kier molecular flexibility index (Phi) is 12.3. The summed E-state index contributed by atoms with van der Waals surface area (Å²) in [6, 6.07) is 0. The van der Waals surface area contributed by atoms with Crippen molar-refractivity contribution in [3.05, 3.63) is 0 Å². The van der Waals surface area contributed by atoms with Crippen LogP contribution in [0, 0.1) is 0 Å². The fourth-order valence-electron chi connectivity index (χ4n) is 1.56. The van der Waals surface area contributed by atoms with Crippen LogP contribution in [0.3, 0.4) is 0 Å². The number of hydrogen-bond donors (Lipinski definition) is 0. The second-order valence-electron chi connectivity index (χ2n) is 4.55. The van der Waals surface area contributed by atoms with Gasteiger partial charge in [0.05, 0.1) is 25.4 Å². The average Bonchev–Trinajstić information content (AvgIpc) is 2.31. The summed E-state index contributed by atoms with van der Waals surface area (Å²) in [5.74, 6) is 0. The van der Waals surface area contributed by atoms with E-state index >= 15 is 0 Å². The molecule has 0 fully saturated rings. The summed E-state index contributed by atoms with van der Waals surface area (Å²) >= 11 is 0. The number of hydrogen-bond acceptors (Lipinski definition) is 3. The van der Waals surface area contributed by atoms with E-state index in [1.54, 1.807) is 0 Å². The highest BCUT2D eigenvalue weighted by Crippen LogP contribution is 2.01. The largest absolute Gasteiger partial charge is 0.379 e. The van der Waals surface area contributed by atoms with E-state index in [4.69, 9.17) is 14.2 Å². The lowest BCUT2D eigenvalue weighted by Gasteiger charge is -2.17. The lowest BCUT2D eigenvalue weighted by Crippen LogP contribution is -2.23. The predicted molar refractivity (Wildman–Crippen MR) is 71.5 cm³/mol. The number of ether oxygens (including phenoxy) is 3. The third-order valence-electron chi connectivity index (χ3n) is 2.56. The maximum absolute atomic E-state index is 5.63. The molecule has 0 N–H and O–H groups in total. The van der Waals surface area contributed by atoms with Crippen LogP contribution >= 0.6 is 0 Å². The Morgan fingerprint density at radius 2 is 1.53 bits per heavy atom. The molecule has 2 unspecified atom stereocenters. The van der Waals surface area contributed by atoms with Crippen molar-refractivity contribution in [2.75, 3.05) is 26.4 Å². The van der Waals surface area contributed by atoms with Gasteiger partial charge in [-0.15, -0.1) is 0 Å². The first-order chi connectivity index (χ1) is 8.20. The molecular formula is C14H30O3. The van der Waals surface area contributed by atoms with Crippen LogP contribution in [0.25, 0.3) is 0 Å². The summed E-state index contributed by atoms with van der Waals surface area (Å²) < 4.78 is 16.6. The summed E-state index contributed by atoms with van der Waals surface area (Å²) in [4.78, 5) is 0. The molecule has 3 heteroatoms. The number of rotatable bonds is 12. The molecule has 0 rings (SSSR count). The molecule has 0 amide bonds. The summed E-state index contributed by atoms with van der Waals surface area (Å²) in [7, 11) is 0. The van der Waals surface area contributed by atoms with Gasteiger partial charge in [0.2, 0.25) is 0 Å². The van der Waals surface area contributed by atoms with Gasteiger partial charge in [-0.1, -0.05) is 26.2 Å². The molecule has 17 heavy (non-hydrogen) atoms. The molecule has 0 aromatic heterocycles. The van der Waals surface area contributed by atoms with E-state index in [0.29, 0.717) is 13.2 Å². The Labute approximate surface area is 107 Å². The summed E-state index contributed by atoms with van der Waals surface area (Å²) in [5.41, 5.74) is 0. The standard InChI is InChI=1S/C14H30O3/c1-5-7-8-9-10-15-11-13(3)17-12-14(4)16-6-2/h13-14H,5-12H2,1-4H3. The van der Waals surface area contributed by atoms with Crippen LogP contribution in [0.5, 0.6) is 0 Å². The molecule has 0 aliphatic carbocycles. The molecule has 0 radical (unpaired) electrons. The van der Waals surface area contributed by atoms with E-state index in [0.717, 1.165) is 19.6 Å². The predicted octanol–water partition coefficient (Wildman–Crippen LogP) is 3.41. The highest BCUT2D eigenvalue weighted by atomic mass is 16.6. The van der Waals surface area contributed by atoms with Crippen LogP contribution in [0.2, 0.25) is 0 Å². The molecule has 0 saturated carbocycles.